The SMILES string of the molecule is CCCNC(=O)CN(C)CC(=O)NC(C)c1cccc(Cl)c1. The van der Waals surface area contributed by atoms with Crippen LogP contribution in [-0.4, -0.2) is 43.4 Å². The maximum absolute atomic E-state index is 12.0. The first kappa shape index (κ1) is 18.5. The van der Waals surface area contributed by atoms with Gasteiger partial charge in [0.2, 0.25) is 11.8 Å². The van der Waals surface area contributed by atoms with E-state index >= 15 is 0 Å². The largest absolute Gasteiger partial charge is 0.355 e. The second-order valence-corrected chi connectivity index (χ2v) is 5.80. The van der Waals surface area contributed by atoms with Gasteiger partial charge in [0.25, 0.3) is 0 Å². The quantitative estimate of drug-likeness (QED) is 0.768. The van der Waals surface area contributed by atoms with Crippen LogP contribution in [0.4, 0.5) is 0 Å². The Labute approximate surface area is 137 Å². The van der Waals surface area contributed by atoms with E-state index in [1.807, 2.05) is 32.0 Å². The summed E-state index contributed by atoms with van der Waals surface area (Å²) in [5, 5.41) is 6.32. The molecule has 0 saturated heterocycles. The summed E-state index contributed by atoms with van der Waals surface area (Å²) in [6, 6.07) is 7.26. The first-order chi connectivity index (χ1) is 10.4. The van der Waals surface area contributed by atoms with Crippen molar-refractivity contribution in [3.8, 4) is 0 Å². The van der Waals surface area contributed by atoms with Crippen molar-refractivity contribution in [2.75, 3.05) is 26.7 Å². The Hall–Kier alpha value is -1.59. The van der Waals surface area contributed by atoms with Crippen molar-refractivity contribution in [2.45, 2.75) is 26.3 Å². The van der Waals surface area contributed by atoms with E-state index in [1.165, 1.54) is 0 Å². The molecule has 1 aromatic carbocycles. The standard InChI is InChI=1S/C16H24ClN3O2/c1-4-8-18-15(21)10-20(3)11-16(22)19-12(2)13-6-5-7-14(17)9-13/h5-7,9,12H,4,8,10-11H2,1-3H3,(H,18,21)(H,19,22). The zero-order valence-electron chi connectivity index (χ0n) is 13.4. The highest BCUT2D eigenvalue weighted by molar-refractivity contribution is 6.30. The van der Waals surface area contributed by atoms with Crippen LogP contribution in [0.2, 0.25) is 5.02 Å². The molecule has 0 radical (unpaired) electrons. The number of nitrogens with zero attached hydrogens (tertiary/aromatic N) is 1. The Bertz CT molecular complexity index is 508. The molecule has 0 aromatic heterocycles. The molecule has 0 aliphatic carbocycles. The molecule has 22 heavy (non-hydrogen) atoms. The number of carbonyl (C=O) groups excluding carboxylic acids is 2. The molecule has 2 N–H and O–H groups in total. The van der Waals surface area contributed by atoms with E-state index in [4.69, 9.17) is 11.6 Å². The van der Waals surface area contributed by atoms with E-state index in [0.717, 1.165) is 12.0 Å². The molecule has 1 aromatic rings. The number of amides is 2. The average molecular weight is 326 g/mol. The van der Waals surface area contributed by atoms with Gasteiger partial charge in [0.05, 0.1) is 19.1 Å². The van der Waals surface area contributed by atoms with Gasteiger partial charge in [0.15, 0.2) is 0 Å². The molecule has 5 nitrogen and oxygen atoms in total. The Morgan fingerprint density at radius 1 is 1.27 bits per heavy atom. The second-order valence-electron chi connectivity index (χ2n) is 5.37. The number of hydrogen-bond donors (Lipinski definition) is 2. The van der Waals surface area contributed by atoms with E-state index in [9.17, 15) is 9.59 Å². The fourth-order valence-corrected chi connectivity index (χ4v) is 2.21. The van der Waals surface area contributed by atoms with Crippen molar-refractivity contribution >= 4 is 23.4 Å². The molecule has 1 rings (SSSR count). The summed E-state index contributed by atoms with van der Waals surface area (Å²) in [7, 11) is 1.75. The summed E-state index contributed by atoms with van der Waals surface area (Å²) in [4.78, 5) is 25.3. The summed E-state index contributed by atoms with van der Waals surface area (Å²) < 4.78 is 0. The van der Waals surface area contributed by atoms with Crippen LogP contribution in [0.15, 0.2) is 24.3 Å². The number of carbonyl (C=O) groups is 2. The molecule has 6 heteroatoms. The second kappa shape index (κ2) is 9.43. The van der Waals surface area contributed by atoms with E-state index in [1.54, 1.807) is 18.0 Å². The Kier molecular flexibility index (Phi) is 7.91. The molecule has 0 spiro atoms. The maximum atomic E-state index is 12.0. The van der Waals surface area contributed by atoms with Crippen LogP contribution in [0, 0.1) is 0 Å². The lowest BCUT2D eigenvalue weighted by molar-refractivity contribution is -0.124. The third-order valence-corrected chi connectivity index (χ3v) is 3.36. The van der Waals surface area contributed by atoms with Gasteiger partial charge in [-0.3, -0.25) is 14.5 Å². The van der Waals surface area contributed by atoms with Crippen LogP contribution in [0.3, 0.4) is 0 Å². The van der Waals surface area contributed by atoms with Crippen LogP contribution >= 0.6 is 11.6 Å². The first-order valence-corrected chi connectivity index (χ1v) is 7.80. The van der Waals surface area contributed by atoms with Crippen LogP contribution in [0.25, 0.3) is 0 Å². The third-order valence-electron chi connectivity index (χ3n) is 3.13. The molecular formula is C16H24ClN3O2. The lowest BCUT2D eigenvalue weighted by Gasteiger charge is -2.19. The van der Waals surface area contributed by atoms with Gasteiger partial charge < -0.3 is 10.6 Å². The van der Waals surface area contributed by atoms with Gasteiger partial charge in [-0.1, -0.05) is 30.7 Å². The van der Waals surface area contributed by atoms with E-state index < -0.39 is 0 Å². The molecule has 2 amide bonds. The van der Waals surface area contributed by atoms with Crippen LogP contribution < -0.4 is 10.6 Å². The summed E-state index contributed by atoms with van der Waals surface area (Å²) in [6.45, 7) is 4.93. The topological polar surface area (TPSA) is 61.4 Å². The minimum Gasteiger partial charge on any atom is -0.355 e. The highest BCUT2D eigenvalue weighted by Gasteiger charge is 2.13. The van der Waals surface area contributed by atoms with Gasteiger partial charge >= 0.3 is 0 Å². The van der Waals surface area contributed by atoms with Crippen LogP contribution in [0.1, 0.15) is 31.9 Å². The Balaban J connectivity index is 2.40. The number of likely N-dealkylation sites (N-methyl/N-ethyl adjacent to an activating group) is 1. The third kappa shape index (κ3) is 6.91. The lowest BCUT2D eigenvalue weighted by atomic mass is 10.1. The summed E-state index contributed by atoms with van der Waals surface area (Å²) >= 11 is 5.94. The van der Waals surface area contributed by atoms with Gasteiger partial charge in [0, 0.05) is 11.6 Å². The Morgan fingerprint density at radius 2 is 1.95 bits per heavy atom. The molecule has 0 heterocycles. The summed E-state index contributed by atoms with van der Waals surface area (Å²) in [6.07, 6.45) is 0.896. The van der Waals surface area contributed by atoms with Crippen molar-refractivity contribution < 1.29 is 9.59 Å². The predicted molar refractivity (Wildman–Crippen MR) is 88.8 cm³/mol. The fraction of sp³-hybridized carbons (Fsp3) is 0.500. The average Bonchev–Trinajstić information content (AvgIpc) is 2.44. The van der Waals surface area contributed by atoms with Crippen molar-refractivity contribution in [1.82, 2.24) is 15.5 Å². The van der Waals surface area contributed by atoms with Gasteiger partial charge in [-0.2, -0.15) is 0 Å². The number of rotatable bonds is 8. The van der Waals surface area contributed by atoms with Crippen molar-refractivity contribution in [2.24, 2.45) is 0 Å². The van der Waals surface area contributed by atoms with Crippen LogP contribution in [0.5, 0.6) is 0 Å². The van der Waals surface area contributed by atoms with Crippen molar-refractivity contribution in [1.29, 1.82) is 0 Å². The monoisotopic (exact) mass is 325 g/mol. The number of hydrogen-bond acceptors (Lipinski definition) is 3. The van der Waals surface area contributed by atoms with E-state index in [-0.39, 0.29) is 30.9 Å². The highest BCUT2D eigenvalue weighted by Crippen LogP contribution is 2.17. The van der Waals surface area contributed by atoms with Gasteiger partial charge in [0.1, 0.15) is 0 Å². The molecule has 0 saturated carbocycles. The summed E-state index contributed by atoms with van der Waals surface area (Å²) in [5.41, 5.74) is 0.948. The van der Waals surface area contributed by atoms with Gasteiger partial charge in [-0.15, -0.1) is 0 Å². The molecule has 1 atom stereocenters. The normalized spacial score (nSPS) is 12.0. The van der Waals surface area contributed by atoms with E-state index in [0.29, 0.717) is 11.6 Å². The zero-order chi connectivity index (χ0) is 16.5. The highest BCUT2D eigenvalue weighted by atomic mass is 35.5. The van der Waals surface area contributed by atoms with Crippen LogP contribution in [-0.2, 0) is 9.59 Å². The smallest absolute Gasteiger partial charge is 0.234 e. The molecular weight excluding hydrogens is 302 g/mol. The fourth-order valence-electron chi connectivity index (χ4n) is 2.01. The molecule has 0 bridgehead atoms. The zero-order valence-corrected chi connectivity index (χ0v) is 14.1. The molecule has 0 fully saturated rings. The predicted octanol–water partition coefficient (Wildman–Crippen LogP) is 1.98. The summed E-state index contributed by atoms with van der Waals surface area (Å²) in [5.74, 6) is -0.196. The molecule has 122 valence electrons. The molecule has 0 aliphatic heterocycles. The number of benzene rings is 1. The minimum absolute atomic E-state index is 0.0694. The Morgan fingerprint density at radius 3 is 2.59 bits per heavy atom. The number of nitrogens with one attached hydrogen (secondary N) is 2. The van der Waals surface area contributed by atoms with Gasteiger partial charge in [-0.05, 0) is 38.1 Å². The lowest BCUT2D eigenvalue weighted by Crippen LogP contribution is -2.41. The maximum Gasteiger partial charge on any atom is 0.234 e. The van der Waals surface area contributed by atoms with Gasteiger partial charge in [-0.25, -0.2) is 0 Å². The molecule has 0 aliphatic rings. The minimum atomic E-state index is -0.131. The van der Waals surface area contributed by atoms with Crippen molar-refractivity contribution in [3.05, 3.63) is 34.9 Å². The molecule has 1 unspecified atom stereocenters. The van der Waals surface area contributed by atoms with Crippen molar-refractivity contribution in [3.63, 3.8) is 0 Å². The van der Waals surface area contributed by atoms with E-state index in [2.05, 4.69) is 10.6 Å². The number of halogens is 1. The first-order valence-electron chi connectivity index (χ1n) is 7.42.